The van der Waals surface area contributed by atoms with Gasteiger partial charge in [-0.1, -0.05) is 37.3 Å². The highest BCUT2D eigenvalue weighted by Gasteiger charge is 2.22. The quantitative estimate of drug-likeness (QED) is 0.759. The van der Waals surface area contributed by atoms with Crippen LogP contribution in [0.4, 0.5) is 5.95 Å². The minimum absolute atomic E-state index is 0. The number of benzene rings is 1. The lowest BCUT2D eigenvalue weighted by Crippen LogP contribution is -2.27. The van der Waals surface area contributed by atoms with Gasteiger partial charge in [0.05, 0.1) is 0 Å². The van der Waals surface area contributed by atoms with Crippen LogP contribution in [0, 0.1) is 5.92 Å². The first-order chi connectivity index (χ1) is 12.6. The molecule has 0 spiro atoms. The standard InChI is InChI=1S/C20H29N5O.ClH/c1-15(7-6-10-16-8-4-3-5-9-16)19(26)23-20-22-18(24-25(20)2)17-11-13-21-14-12-17;/h3-5,8-9,15,17,21H,6-7,10-14H2,1-2H3,(H,22,23,24,26);1H. The Bertz CT molecular complexity index is 712. The number of halogens is 1. The van der Waals surface area contributed by atoms with Gasteiger partial charge < -0.3 is 5.32 Å². The summed E-state index contributed by atoms with van der Waals surface area (Å²) in [7, 11) is 1.84. The van der Waals surface area contributed by atoms with Crippen LogP contribution in [0.25, 0.3) is 0 Å². The molecule has 1 aliphatic rings. The van der Waals surface area contributed by atoms with Crippen molar-refractivity contribution in [2.24, 2.45) is 13.0 Å². The fourth-order valence-corrected chi connectivity index (χ4v) is 3.39. The van der Waals surface area contributed by atoms with Gasteiger partial charge in [-0.25, -0.2) is 4.68 Å². The highest BCUT2D eigenvalue weighted by Crippen LogP contribution is 2.23. The third-order valence-corrected chi connectivity index (χ3v) is 5.11. The fraction of sp³-hybridized carbons (Fsp3) is 0.550. The van der Waals surface area contributed by atoms with Crippen LogP contribution in [0.5, 0.6) is 0 Å². The Balaban J connectivity index is 0.00000261. The largest absolute Gasteiger partial charge is 0.317 e. The molecular weight excluding hydrogens is 362 g/mol. The van der Waals surface area contributed by atoms with Crippen LogP contribution in [0.1, 0.15) is 49.9 Å². The molecule has 1 saturated heterocycles. The van der Waals surface area contributed by atoms with Crippen molar-refractivity contribution in [2.75, 3.05) is 18.4 Å². The number of carbonyl (C=O) groups excluding carboxylic acids is 1. The molecule has 1 aromatic heterocycles. The zero-order valence-corrected chi connectivity index (χ0v) is 17.0. The number of amides is 1. The van der Waals surface area contributed by atoms with E-state index in [1.54, 1.807) is 4.68 Å². The molecule has 2 heterocycles. The van der Waals surface area contributed by atoms with E-state index in [1.807, 2.05) is 20.0 Å². The lowest BCUT2D eigenvalue weighted by molar-refractivity contribution is -0.119. The number of anilines is 1. The van der Waals surface area contributed by atoms with Gasteiger partial charge in [0.25, 0.3) is 0 Å². The molecule has 0 aliphatic carbocycles. The first-order valence-corrected chi connectivity index (χ1v) is 9.60. The molecule has 0 bridgehead atoms. The predicted octanol–water partition coefficient (Wildman–Crippen LogP) is 3.30. The summed E-state index contributed by atoms with van der Waals surface area (Å²) >= 11 is 0. The highest BCUT2D eigenvalue weighted by atomic mass is 35.5. The Morgan fingerprint density at radius 1 is 1.30 bits per heavy atom. The second-order valence-corrected chi connectivity index (χ2v) is 7.21. The van der Waals surface area contributed by atoms with Crippen LogP contribution in [0.3, 0.4) is 0 Å². The van der Waals surface area contributed by atoms with E-state index in [2.05, 4.69) is 45.0 Å². The third-order valence-electron chi connectivity index (χ3n) is 5.11. The molecule has 0 radical (unpaired) electrons. The molecule has 1 aliphatic heterocycles. The normalized spacial score (nSPS) is 15.8. The summed E-state index contributed by atoms with van der Waals surface area (Å²) in [5.74, 6) is 1.76. The number of nitrogens with one attached hydrogen (secondary N) is 2. The van der Waals surface area contributed by atoms with E-state index in [0.717, 1.165) is 51.0 Å². The molecule has 1 unspecified atom stereocenters. The van der Waals surface area contributed by atoms with Gasteiger partial charge in [0, 0.05) is 18.9 Å². The van der Waals surface area contributed by atoms with E-state index in [0.29, 0.717) is 11.9 Å². The van der Waals surface area contributed by atoms with Crippen LogP contribution in [0.15, 0.2) is 30.3 Å². The number of nitrogens with zero attached hydrogens (tertiary/aromatic N) is 3. The van der Waals surface area contributed by atoms with Gasteiger partial charge in [0.2, 0.25) is 11.9 Å². The van der Waals surface area contributed by atoms with Crippen molar-refractivity contribution >= 4 is 24.3 Å². The maximum absolute atomic E-state index is 12.5. The second kappa shape index (κ2) is 10.4. The Morgan fingerprint density at radius 2 is 2.00 bits per heavy atom. The summed E-state index contributed by atoms with van der Waals surface area (Å²) in [5, 5.41) is 10.8. The number of aromatic nitrogens is 3. The molecular formula is C20H30ClN5O. The lowest BCUT2D eigenvalue weighted by atomic mass is 9.98. The van der Waals surface area contributed by atoms with E-state index in [-0.39, 0.29) is 24.2 Å². The van der Waals surface area contributed by atoms with Gasteiger partial charge in [-0.2, -0.15) is 10.1 Å². The zero-order valence-electron chi connectivity index (χ0n) is 16.1. The number of carbonyl (C=O) groups is 1. The summed E-state index contributed by atoms with van der Waals surface area (Å²) in [6.07, 6.45) is 4.96. The fourth-order valence-electron chi connectivity index (χ4n) is 3.39. The Labute approximate surface area is 167 Å². The summed E-state index contributed by atoms with van der Waals surface area (Å²) in [6.45, 7) is 3.98. The number of rotatable bonds is 7. The molecule has 148 valence electrons. The summed E-state index contributed by atoms with van der Waals surface area (Å²) in [5.41, 5.74) is 1.32. The summed E-state index contributed by atoms with van der Waals surface area (Å²) in [4.78, 5) is 17.1. The van der Waals surface area contributed by atoms with Crippen molar-refractivity contribution < 1.29 is 4.79 Å². The van der Waals surface area contributed by atoms with E-state index in [4.69, 9.17) is 0 Å². The molecule has 0 saturated carbocycles. The molecule has 3 rings (SSSR count). The van der Waals surface area contributed by atoms with Crippen molar-refractivity contribution in [1.82, 2.24) is 20.1 Å². The van der Waals surface area contributed by atoms with E-state index in [1.165, 1.54) is 5.56 Å². The second-order valence-electron chi connectivity index (χ2n) is 7.21. The number of hydrogen-bond donors (Lipinski definition) is 2. The molecule has 1 amide bonds. The monoisotopic (exact) mass is 391 g/mol. The number of hydrogen-bond acceptors (Lipinski definition) is 4. The van der Waals surface area contributed by atoms with Crippen LogP contribution in [-0.2, 0) is 18.3 Å². The Morgan fingerprint density at radius 3 is 2.70 bits per heavy atom. The van der Waals surface area contributed by atoms with Crippen LogP contribution in [-0.4, -0.2) is 33.8 Å². The third kappa shape index (κ3) is 6.04. The predicted molar refractivity (Wildman–Crippen MR) is 110 cm³/mol. The van der Waals surface area contributed by atoms with E-state index >= 15 is 0 Å². The SMILES string of the molecule is CC(CCCc1ccccc1)C(=O)Nc1nc(C2CCNCC2)nn1C.Cl. The van der Waals surface area contributed by atoms with Gasteiger partial charge in [0.1, 0.15) is 0 Å². The van der Waals surface area contributed by atoms with Crippen LogP contribution < -0.4 is 10.6 Å². The van der Waals surface area contributed by atoms with Gasteiger partial charge in [-0.15, -0.1) is 12.4 Å². The van der Waals surface area contributed by atoms with Gasteiger partial charge in [0.15, 0.2) is 5.82 Å². The molecule has 1 atom stereocenters. The highest BCUT2D eigenvalue weighted by molar-refractivity contribution is 5.90. The first kappa shape index (κ1) is 21.4. The van der Waals surface area contributed by atoms with Crippen molar-refractivity contribution in [3.05, 3.63) is 41.7 Å². The average molecular weight is 392 g/mol. The number of piperidine rings is 1. The maximum Gasteiger partial charge on any atom is 0.229 e. The summed E-state index contributed by atoms with van der Waals surface area (Å²) < 4.78 is 1.69. The minimum atomic E-state index is -0.0438. The summed E-state index contributed by atoms with van der Waals surface area (Å²) in [6, 6.07) is 10.4. The molecule has 1 aromatic carbocycles. The molecule has 7 heteroatoms. The van der Waals surface area contributed by atoms with Crippen molar-refractivity contribution in [3.8, 4) is 0 Å². The lowest BCUT2D eigenvalue weighted by Gasteiger charge is -2.19. The van der Waals surface area contributed by atoms with Crippen molar-refractivity contribution in [1.29, 1.82) is 0 Å². The number of aryl methyl sites for hydroxylation is 2. The first-order valence-electron chi connectivity index (χ1n) is 9.60. The van der Waals surface area contributed by atoms with E-state index < -0.39 is 0 Å². The van der Waals surface area contributed by atoms with Crippen LogP contribution in [0.2, 0.25) is 0 Å². The average Bonchev–Trinajstić information content (AvgIpc) is 3.03. The molecule has 1 fully saturated rings. The maximum atomic E-state index is 12.5. The van der Waals surface area contributed by atoms with Crippen molar-refractivity contribution in [2.45, 2.75) is 44.9 Å². The van der Waals surface area contributed by atoms with Gasteiger partial charge in [-0.05, 0) is 50.8 Å². The minimum Gasteiger partial charge on any atom is -0.317 e. The van der Waals surface area contributed by atoms with Gasteiger partial charge >= 0.3 is 0 Å². The molecule has 27 heavy (non-hydrogen) atoms. The molecule has 2 N–H and O–H groups in total. The Hall–Kier alpha value is -1.92. The van der Waals surface area contributed by atoms with Crippen molar-refractivity contribution in [3.63, 3.8) is 0 Å². The topological polar surface area (TPSA) is 71.8 Å². The van der Waals surface area contributed by atoms with Gasteiger partial charge in [-0.3, -0.25) is 10.1 Å². The molecule has 6 nitrogen and oxygen atoms in total. The smallest absolute Gasteiger partial charge is 0.229 e. The van der Waals surface area contributed by atoms with E-state index in [9.17, 15) is 4.79 Å². The molecule has 2 aromatic rings. The van der Waals surface area contributed by atoms with Crippen LogP contribution >= 0.6 is 12.4 Å². The zero-order chi connectivity index (χ0) is 18.4. The Kier molecular flexibility index (Phi) is 8.25.